The molecule has 4 N–H and O–H groups in total. The quantitative estimate of drug-likeness (QED) is 0.576. The van der Waals surface area contributed by atoms with Crippen LogP contribution in [0.25, 0.3) is 0 Å². The normalized spacial score (nSPS) is 20.7. The second kappa shape index (κ2) is 5.85. The van der Waals surface area contributed by atoms with Crippen LogP contribution in [-0.2, 0) is 9.59 Å². The van der Waals surface area contributed by atoms with Gasteiger partial charge in [0, 0.05) is 5.38 Å². The first-order valence-electron chi connectivity index (χ1n) is 4.68. The fraction of sp³-hybridized carbons (Fsp3) is 0.375. The van der Waals surface area contributed by atoms with Crippen molar-refractivity contribution >= 4 is 53.4 Å². The number of hydrogen-bond donors (Lipinski definition) is 4. The van der Waals surface area contributed by atoms with Gasteiger partial charge in [-0.15, -0.1) is 36.4 Å². The summed E-state index contributed by atoms with van der Waals surface area (Å²) in [6.45, 7) is 0.189. The number of carbonyl (C=O) groups is 2. The van der Waals surface area contributed by atoms with E-state index in [-0.39, 0.29) is 30.6 Å². The van der Waals surface area contributed by atoms with Crippen LogP contribution in [0.3, 0.4) is 0 Å². The number of rotatable bonds is 3. The number of anilines is 1. The zero-order chi connectivity index (χ0) is 12.6. The van der Waals surface area contributed by atoms with E-state index in [1.807, 2.05) is 0 Å². The Morgan fingerprint density at radius 1 is 1.78 bits per heavy atom. The maximum atomic E-state index is 11.5. The Labute approximate surface area is 118 Å². The van der Waals surface area contributed by atoms with Crippen LogP contribution in [0.5, 0.6) is 0 Å². The summed E-state index contributed by atoms with van der Waals surface area (Å²) < 4.78 is 0. The van der Waals surface area contributed by atoms with Crippen LogP contribution in [0.15, 0.2) is 5.38 Å². The Kier molecular flexibility index (Phi) is 4.93. The number of carboxylic acid groups (broad SMARTS) is 1. The van der Waals surface area contributed by atoms with E-state index in [2.05, 4.69) is 22.9 Å². The third kappa shape index (κ3) is 2.75. The van der Waals surface area contributed by atoms with Gasteiger partial charge in [-0.2, -0.15) is 0 Å². The molecule has 1 aromatic heterocycles. The van der Waals surface area contributed by atoms with Crippen molar-refractivity contribution in [2.45, 2.75) is 11.5 Å². The van der Waals surface area contributed by atoms with Gasteiger partial charge in [0.05, 0.1) is 12.2 Å². The van der Waals surface area contributed by atoms with E-state index in [9.17, 15) is 9.59 Å². The van der Waals surface area contributed by atoms with E-state index in [1.54, 1.807) is 0 Å². The molecule has 2 heterocycles. The lowest BCUT2D eigenvalue weighted by Crippen LogP contribution is -2.32. The van der Waals surface area contributed by atoms with Gasteiger partial charge < -0.3 is 10.8 Å². The first-order valence-corrected chi connectivity index (χ1v) is 6.07. The summed E-state index contributed by atoms with van der Waals surface area (Å²) in [6, 6.07) is -1.18. The molecule has 0 saturated carbocycles. The van der Waals surface area contributed by atoms with E-state index < -0.39 is 17.5 Å². The highest BCUT2D eigenvalue weighted by molar-refractivity contribution is 7.81. The molecule has 0 spiro atoms. The molecule has 1 amide bonds. The average molecular weight is 311 g/mol. The zero-order valence-corrected chi connectivity index (χ0v) is 11.5. The number of halogens is 1. The van der Waals surface area contributed by atoms with Crippen molar-refractivity contribution in [2.75, 3.05) is 11.4 Å². The van der Waals surface area contributed by atoms with Gasteiger partial charge in [-0.05, 0) is 0 Å². The van der Waals surface area contributed by atoms with Crippen molar-refractivity contribution < 1.29 is 14.7 Å². The summed E-state index contributed by atoms with van der Waals surface area (Å²) in [5.74, 6) is -1.31. The first kappa shape index (κ1) is 15.2. The molecule has 0 radical (unpaired) electrons. The van der Waals surface area contributed by atoms with Gasteiger partial charge in [-0.3, -0.25) is 19.8 Å². The van der Waals surface area contributed by atoms with Crippen LogP contribution in [0.2, 0.25) is 0 Å². The highest BCUT2D eigenvalue weighted by atomic mass is 35.5. The number of carboxylic acids is 1. The number of thiazole rings is 1. The minimum Gasteiger partial charge on any atom is -0.480 e. The predicted octanol–water partition coefficient (Wildman–Crippen LogP) is -0.201. The molecule has 1 aliphatic heterocycles. The van der Waals surface area contributed by atoms with E-state index in [0.29, 0.717) is 5.13 Å². The summed E-state index contributed by atoms with van der Waals surface area (Å²) in [5, 5.41) is 13.5. The Bertz CT molecular complexity index is 469. The third-order valence-corrected chi connectivity index (χ3v) is 3.52. The molecule has 1 aromatic rings. The second-order valence-electron chi connectivity index (χ2n) is 3.39. The topological polar surface area (TPSA) is 109 Å². The SMILES string of the molecule is Cl.NC(C(=O)O)c1csc(N2C(=O)CNC2S)n1. The van der Waals surface area contributed by atoms with Gasteiger partial charge in [-0.25, -0.2) is 4.98 Å². The lowest BCUT2D eigenvalue weighted by atomic mass is 10.2. The summed E-state index contributed by atoms with van der Waals surface area (Å²) >= 11 is 5.33. The molecule has 0 bridgehead atoms. The Balaban J connectivity index is 0.00000162. The fourth-order valence-electron chi connectivity index (χ4n) is 1.36. The summed E-state index contributed by atoms with van der Waals surface area (Å²) in [6.07, 6.45) is 0. The van der Waals surface area contributed by atoms with Crippen molar-refractivity contribution in [1.29, 1.82) is 0 Å². The third-order valence-electron chi connectivity index (χ3n) is 2.25. The lowest BCUT2D eigenvalue weighted by molar-refractivity contribution is -0.138. The van der Waals surface area contributed by atoms with Crippen LogP contribution in [0, 0.1) is 0 Å². The van der Waals surface area contributed by atoms with E-state index in [4.69, 9.17) is 10.8 Å². The molecular formula is C8H11ClN4O3S2. The predicted molar refractivity (Wildman–Crippen MR) is 72.2 cm³/mol. The Hall–Kier alpha value is -0.870. The van der Waals surface area contributed by atoms with Gasteiger partial charge in [0.1, 0.15) is 11.5 Å². The number of carbonyl (C=O) groups excluding carboxylic acids is 1. The molecule has 18 heavy (non-hydrogen) atoms. The molecule has 0 aromatic carbocycles. The number of nitrogens with zero attached hydrogens (tertiary/aromatic N) is 2. The first-order chi connectivity index (χ1) is 8.00. The molecule has 1 saturated heterocycles. The number of thiol groups is 1. The molecule has 2 atom stereocenters. The Morgan fingerprint density at radius 3 is 2.94 bits per heavy atom. The van der Waals surface area contributed by atoms with E-state index in [1.165, 1.54) is 10.3 Å². The largest absolute Gasteiger partial charge is 0.480 e. The fourth-order valence-corrected chi connectivity index (χ4v) is 2.67. The van der Waals surface area contributed by atoms with Gasteiger partial charge >= 0.3 is 5.97 Å². The van der Waals surface area contributed by atoms with Crippen LogP contribution in [-0.4, -0.2) is 34.0 Å². The Morgan fingerprint density at radius 2 is 2.44 bits per heavy atom. The number of amides is 1. The zero-order valence-electron chi connectivity index (χ0n) is 8.94. The van der Waals surface area contributed by atoms with Gasteiger partial charge in [0.25, 0.3) is 0 Å². The maximum absolute atomic E-state index is 11.5. The molecule has 7 nitrogen and oxygen atoms in total. The molecule has 2 rings (SSSR count). The molecule has 0 aliphatic carbocycles. The molecule has 1 aliphatic rings. The van der Waals surface area contributed by atoms with Crippen molar-refractivity contribution in [3.8, 4) is 0 Å². The van der Waals surface area contributed by atoms with Crippen molar-refractivity contribution in [2.24, 2.45) is 5.73 Å². The summed E-state index contributed by atoms with van der Waals surface area (Å²) in [4.78, 5) is 27.6. The number of aliphatic carboxylic acids is 1. The number of nitrogens with one attached hydrogen (secondary N) is 1. The number of nitrogens with two attached hydrogens (primary N) is 1. The van der Waals surface area contributed by atoms with Crippen LogP contribution >= 0.6 is 36.4 Å². The lowest BCUT2D eigenvalue weighted by Gasteiger charge is -2.16. The maximum Gasteiger partial charge on any atom is 0.326 e. The highest BCUT2D eigenvalue weighted by Crippen LogP contribution is 2.27. The van der Waals surface area contributed by atoms with Crippen LogP contribution in [0.4, 0.5) is 5.13 Å². The van der Waals surface area contributed by atoms with Crippen molar-refractivity contribution in [3.63, 3.8) is 0 Å². The smallest absolute Gasteiger partial charge is 0.326 e. The molecule has 2 unspecified atom stereocenters. The molecule has 10 heteroatoms. The second-order valence-corrected chi connectivity index (χ2v) is 4.71. The van der Waals surface area contributed by atoms with Crippen LogP contribution in [0.1, 0.15) is 11.7 Å². The van der Waals surface area contributed by atoms with E-state index >= 15 is 0 Å². The van der Waals surface area contributed by atoms with Gasteiger partial charge in [-0.1, -0.05) is 0 Å². The average Bonchev–Trinajstić information content (AvgIpc) is 2.85. The van der Waals surface area contributed by atoms with Crippen molar-refractivity contribution in [1.82, 2.24) is 10.3 Å². The highest BCUT2D eigenvalue weighted by Gasteiger charge is 2.32. The number of hydrogen-bond acceptors (Lipinski definition) is 7. The standard InChI is InChI=1S/C8H10N4O3S2.ClH/c9-5(6(14)15)3-2-17-8(11-3)12-4(13)1-10-7(12)16;/h2,5,7,10,16H,1,9H2,(H,14,15);1H. The van der Waals surface area contributed by atoms with Gasteiger partial charge in [0.2, 0.25) is 5.91 Å². The van der Waals surface area contributed by atoms with Gasteiger partial charge in [0.15, 0.2) is 5.13 Å². The van der Waals surface area contributed by atoms with Crippen molar-refractivity contribution in [3.05, 3.63) is 11.1 Å². The monoisotopic (exact) mass is 310 g/mol. The molecular weight excluding hydrogens is 300 g/mol. The van der Waals surface area contributed by atoms with Crippen LogP contribution < -0.4 is 16.0 Å². The molecule has 1 fully saturated rings. The summed E-state index contributed by atoms with van der Waals surface area (Å²) in [7, 11) is 0. The number of aromatic nitrogens is 1. The molecule has 100 valence electrons. The minimum atomic E-state index is -1.18. The minimum absolute atomic E-state index is 0. The van der Waals surface area contributed by atoms with E-state index in [0.717, 1.165) is 11.3 Å². The summed E-state index contributed by atoms with van der Waals surface area (Å²) in [5.41, 5.74) is 5.22.